The number of nitrogens with zero attached hydrogens (tertiary/aromatic N) is 3. The van der Waals surface area contributed by atoms with Crippen LogP contribution < -0.4 is 5.73 Å². The number of benzene rings is 1. The Hall–Kier alpha value is -1.67. The van der Waals surface area contributed by atoms with Crippen LogP contribution in [-0.4, -0.2) is 45.7 Å². The molecule has 148 valence electrons. The Morgan fingerprint density at radius 2 is 2.00 bits per heavy atom. The Morgan fingerprint density at radius 3 is 2.75 bits per heavy atom. The first-order valence-corrected chi connectivity index (χ1v) is 10.8. The number of hydrogen-bond donors (Lipinski definition) is 1. The maximum atomic E-state index is 12.8. The maximum absolute atomic E-state index is 12.8. The molecule has 28 heavy (non-hydrogen) atoms. The Morgan fingerprint density at radius 1 is 1.25 bits per heavy atom. The largest absolute Gasteiger partial charge is 0.340 e. The summed E-state index contributed by atoms with van der Waals surface area (Å²) in [6, 6.07) is 10.2. The first-order chi connectivity index (χ1) is 13.0. The lowest BCUT2D eigenvalue weighted by Gasteiger charge is -2.16. The third-order valence-corrected chi connectivity index (χ3v) is 7.30. The van der Waals surface area contributed by atoms with Crippen LogP contribution in [0, 0.1) is 13.8 Å². The third kappa shape index (κ3) is 4.03. The molecule has 3 heterocycles. The molecule has 5 nitrogen and oxygen atoms in total. The zero-order valence-corrected chi connectivity index (χ0v) is 18.2. The summed E-state index contributed by atoms with van der Waals surface area (Å²) in [4.78, 5) is 25.7. The van der Waals surface area contributed by atoms with E-state index in [2.05, 4.69) is 35.9 Å². The van der Waals surface area contributed by atoms with Crippen molar-refractivity contribution in [2.24, 2.45) is 5.73 Å². The van der Waals surface area contributed by atoms with Crippen molar-refractivity contribution < 1.29 is 4.79 Å². The van der Waals surface area contributed by atoms with E-state index in [9.17, 15) is 4.79 Å². The molecule has 1 saturated heterocycles. The van der Waals surface area contributed by atoms with Crippen molar-refractivity contribution in [3.05, 3.63) is 52.7 Å². The number of carbonyl (C=O) groups is 1. The average molecular weight is 435 g/mol. The molecule has 1 aliphatic heterocycles. The second-order valence-corrected chi connectivity index (χ2v) is 9.08. The van der Waals surface area contributed by atoms with Gasteiger partial charge in [0.15, 0.2) is 0 Å². The molecule has 0 bridgehead atoms. The summed E-state index contributed by atoms with van der Waals surface area (Å²) in [5, 5.41) is 1.97. The Labute approximate surface area is 179 Å². The minimum absolute atomic E-state index is 0. The van der Waals surface area contributed by atoms with Crippen molar-refractivity contribution in [3.8, 4) is 0 Å². The number of carbonyl (C=O) groups excluding carboxylic acids is 1. The molecule has 0 radical (unpaired) electrons. The van der Waals surface area contributed by atoms with Gasteiger partial charge in [-0.3, -0.25) is 4.79 Å². The minimum Gasteiger partial charge on any atom is -0.340 e. The van der Waals surface area contributed by atoms with E-state index in [1.165, 1.54) is 27.8 Å². The number of halogens is 1. The molecule has 0 unspecified atom stereocenters. The van der Waals surface area contributed by atoms with Gasteiger partial charge in [0.05, 0.1) is 5.75 Å². The summed E-state index contributed by atoms with van der Waals surface area (Å²) in [5.74, 6) is 0.687. The fraction of sp³-hybridized carbons (Fsp3) is 0.350. The highest BCUT2D eigenvalue weighted by atomic mass is 35.5. The van der Waals surface area contributed by atoms with E-state index in [1.54, 1.807) is 17.7 Å². The van der Waals surface area contributed by atoms with Gasteiger partial charge in [-0.05, 0) is 25.0 Å². The van der Waals surface area contributed by atoms with Crippen molar-refractivity contribution in [3.63, 3.8) is 0 Å². The van der Waals surface area contributed by atoms with E-state index in [0.29, 0.717) is 18.8 Å². The number of nitrogens with two attached hydrogens (primary N) is 1. The standard InChI is InChI=1S/C20H22N4OS2.ClH/c1-12-13(2)27-20-18(12)19(22-11-23-20)26-10-17(25)24-8-15(16(21)9-24)14-6-4-3-5-7-14;/h3-7,11,15-16H,8-10,21H2,1-2H3;1H/t15-,16+;/m0./s1. The number of thiophene rings is 1. The summed E-state index contributed by atoms with van der Waals surface area (Å²) in [6.45, 7) is 5.47. The van der Waals surface area contributed by atoms with Gasteiger partial charge in [0.2, 0.25) is 5.91 Å². The molecule has 0 saturated carbocycles. The monoisotopic (exact) mass is 434 g/mol. The van der Waals surface area contributed by atoms with Gasteiger partial charge in [-0.1, -0.05) is 42.1 Å². The van der Waals surface area contributed by atoms with Crippen LogP contribution in [0.5, 0.6) is 0 Å². The van der Waals surface area contributed by atoms with Gasteiger partial charge in [0, 0.05) is 35.3 Å². The van der Waals surface area contributed by atoms with Gasteiger partial charge in [0.1, 0.15) is 16.2 Å². The number of hydrogen-bond acceptors (Lipinski definition) is 6. The Bertz CT molecular complexity index is 979. The molecule has 2 atom stereocenters. The second kappa shape index (κ2) is 8.78. The SMILES string of the molecule is Cc1sc2ncnc(SCC(=O)N3C[C@@H](N)[C@H](c4ccccc4)C3)c2c1C.Cl. The molecule has 2 N–H and O–H groups in total. The summed E-state index contributed by atoms with van der Waals surface area (Å²) in [5.41, 5.74) is 8.73. The molecule has 2 aromatic heterocycles. The van der Waals surface area contributed by atoms with Crippen LogP contribution in [0.15, 0.2) is 41.7 Å². The number of fused-ring (bicyclic) bond motifs is 1. The van der Waals surface area contributed by atoms with E-state index in [1.807, 2.05) is 23.1 Å². The lowest BCUT2D eigenvalue weighted by atomic mass is 9.95. The minimum atomic E-state index is -0.0196. The fourth-order valence-electron chi connectivity index (χ4n) is 3.57. The Kier molecular flexibility index (Phi) is 6.60. The second-order valence-electron chi connectivity index (χ2n) is 6.91. The lowest BCUT2D eigenvalue weighted by Crippen LogP contribution is -2.33. The molecule has 1 amide bonds. The first-order valence-electron chi connectivity index (χ1n) is 8.96. The molecule has 4 rings (SSSR count). The van der Waals surface area contributed by atoms with E-state index in [0.717, 1.165) is 15.2 Å². The highest BCUT2D eigenvalue weighted by molar-refractivity contribution is 8.00. The average Bonchev–Trinajstić information content (AvgIpc) is 3.21. The highest BCUT2D eigenvalue weighted by Gasteiger charge is 2.33. The Balaban J connectivity index is 0.00000225. The zero-order chi connectivity index (χ0) is 19.0. The van der Waals surface area contributed by atoms with Gasteiger partial charge >= 0.3 is 0 Å². The smallest absolute Gasteiger partial charge is 0.233 e. The predicted molar refractivity (Wildman–Crippen MR) is 119 cm³/mol. The summed E-state index contributed by atoms with van der Waals surface area (Å²) in [6.07, 6.45) is 1.59. The predicted octanol–water partition coefficient (Wildman–Crippen LogP) is 3.78. The topological polar surface area (TPSA) is 72.1 Å². The third-order valence-electron chi connectivity index (χ3n) is 5.21. The maximum Gasteiger partial charge on any atom is 0.233 e. The van der Waals surface area contributed by atoms with E-state index >= 15 is 0 Å². The molecular formula is C20H23ClN4OS2. The van der Waals surface area contributed by atoms with Crippen LogP contribution in [0.4, 0.5) is 0 Å². The first kappa shape index (κ1) is 21.0. The molecule has 8 heteroatoms. The van der Waals surface area contributed by atoms with Crippen LogP contribution in [0.3, 0.4) is 0 Å². The summed E-state index contributed by atoms with van der Waals surface area (Å²) < 4.78 is 0. The van der Waals surface area contributed by atoms with Crippen molar-refractivity contribution in [1.82, 2.24) is 14.9 Å². The fourth-order valence-corrected chi connectivity index (χ4v) is 5.59. The van der Waals surface area contributed by atoms with Crippen molar-refractivity contribution in [1.29, 1.82) is 0 Å². The van der Waals surface area contributed by atoms with Crippen molar-refractivity contribution in [2.45, 2.75) is 30.8 Å². The lowest BCUT2D eigenvalue weighted by molar-refractivity contribution is -0.127. The quantitative estimate of drug-likeness (QED) is 0.499. The van der Waals surface area contributed by atoms with Gasteiger partial charge in [-0.15, -0.1) is 23.7 Å². The molecule has 1 fully saturated rings. The number of amides is 1. The number of aromatic nitrogens is 2. The summed E-state index contributed by atoms with van der Waals surface area (Å²) in [7, 11) is 0. The molecule has 1 aromatic carbocycles. The van der Waals surface area contributed by atoms with E-state index < -0.39 is 0 Å². The molecule has 1 aliphatic rings. The van der Waals surface area contributed by atoms with Gasteiger partial charge in [-0.25, -0.2) is 9.97 Å². The van der Waals surface area contributed by atoms with Crippen LogP contribution in [0.25, 0.3) is 10.2 Å². The zero-order valence-electron chi connectivity index (χ0n) is 15.8. The van der Waals surface area contributed by atoms with Crippen molar-refractivity contribution >= 4 is 51.6 Å². The van der Waals surface area contributed by atoms with E-state index in [4.69, 9.17) is 5.73 Å². The molecule has 0 aliphatic carbocycles. The summed E-state index contributed by atoms with van der Waals surface area (Å²) >= 11 is 3.17. The normalized spacial score (nSPS) is 19.0. The highest BCUT2D eigenvalue weighted by Crippen LogP contribution is 2.35. The van der Waals surface area contributed by atoms with Gasteiger partial charge in [0.25, 0.3) is 0 Å². The molecule has 0 spiro atoms. The molecule has 3 aromatic rings. The van der Waals surface area contributed by atoms with Gasteiger partial charge < -0.3 is 10.6 Å². The number of rotatable bonds is 4. The molecular weight excluding hydrogens is 412 g/mol. The van der Waals surface area contributed by atoms with Crippen LogP contribution in [0.2, 0.25) is 0 Å². The van der Waals surface area contributed by atoms with Crippen LogP contribution in [-0.2, 0) is 4.79 Å². The van der Waals surface area contributed by atoms with Crippen molar-refractivity contribution in [2.75, 3.05) is 18.8 Å². The van der Waals surface area contributed by atoms with E-state index in [-0.39, 0.29) is 30.3 Å². The number of aryl methyl sites for hydroxylation is 2. The van der Waals surface area contributed by atoms with Crippen LogP contribution in [0.1, 0.15) is 21.9 Å². The van der Waals surface area contributed by atoms with Gasteiger partial charge in [-0.2, -0.15) is 0 Å². The van der Waals surface area contributed by atoms with Crippen LogP contribution >= 0.6 is 35.5 Å². The number of thioether (sulfide) groups is 1. The number of likely N-dealkylation sites (tertiary alicyclic amines) is 1.